The van der Waals surface area contributed by atoms with Crippen molar-refractivity contribution in [3.63, 3.8) is 0 Å². The summed E-state index contributed by atoms with van der Waals surface area (Å²) in [5.41, 5.74) is 3.52. The molecule has 1 aliphatic heterocycles. The summed E-state index contributed by atoms with van der Waals surface area (Å²) in [6.07, 6.45) is 5.47. The molecule has 3 aromatic heterocycles. The molecule has 0 unspecified atom stereocenters. The smallest absolute Gasteiger partial charge is 0.336 e. The van der Waals surface area contributed by atoms with Crippen molar-refractivity contribution >= 4 is 28.2 Å². The molecule has 176 valence electrons. The average Bonchev–Trinajstić information content (AvgIpc) is 3.30. The molecular formula is C25H28N6O3. The lowest BCUT2D eigenvalue weighted by Gasteiger charge is -2.28. The molecule has 1 saturated heterocycles. The highest BCUT2D eigenvalue weighted by Crippen LogP contribution is 2.25. The lowest BCUT2D eigenvalue weighted by Crippen LogP contribution is -2.34. The highest BCUT2D eigenvalue weighted by Gasteiger charge is 2.21. The number of rotatable bonds is 7. The van der Waals surface area contributed by atoms with Gasteiger partial charge in [0.15, 0.2) is 5.65 Å². The second-order valence-electron chi connectivity index (χ2n) is 8.68. The van der Waals surface area contributed by atoms with Gasteiger partial charge in [0, 0.05) is 32.4 Å². The van der Waals surface area contributed by atoms with Gasteiger partial charge >= 0.3 is 5.69 Å². The SMILES string of the molecule is CCCCc1nnc2c3ncc(N4CCC(=O)CC4)cc3n(Cc3ccc(OC)cc3)c(=O)n12. The minimum Gasteiger partial charge on any atom is -0.497 e. The molecule has 0 aliphatic carbocycles. The van der Waals surface area contributed by atoms with Crippen molar-refractivity contribution in [1.29, 1.82) is 0 Å². The lowest BCUT2D eigenvalue weighted by atomic mass is 10.1. The van der Waals surface area contributed by atoms with E-state index in [1.165, 1.54) is 0 Å². The molecule has 9 nitrogen and oxygen atoms in total. The molecule has 0 N–H and O–H groups in total. The number of unbranched alkanes of at least 4 members (excludes halogenated alkanes) is 1. The molecule has 0 radical (unpaired) electrons. The number of carbonyl (C=O) groups excluding carboxylic acids is 1. The van der Waals surface area contributed by atoms with Crippen LogP contribution in [0.2, 0.25) is 0 Å². The Hall–Kier alpha value is -3.75. The summed E-state index contributed by atoms with van der Waals surface area (Å²) in [4.78, 5) is 32.4. The van der Waals surface area contributed by atoms with Crippen LogP contribution in [0, 0.1) is 0 Å². The quantitative estimate of drug-likeness (QED) is 0.418. The van der Waals surface area contributed by atoms with Gasteiger partial charge in [-0.3, -0.25) is 9.36 Å². The number of ether oxygens (including phenoxy) is 1. The molecule has 34 heavy (non-hydrogen) atoms. The van der Waals surface area contributed by atoms with Gasteiger partial charge in [0.05, 0.1) is 31.1 Å². The van der Waals surface area contributed by atoms with Crippen molar-refractivity contribution in [2.45, 2.75) is 45.6 Å². The third-order valence-corrected chi connectivity index (χ3v) is 6.45. The predicted molar refractivity (Wildman–Crippen MR) is 130 cm³/mol. The lowest BCUT2D eigenvalue weighted by molar-refractivity contribution is -0.119. The van der Waals surface area contributed by atoms with Crippen molar-refractivity contribution in [1.82, 2.24) is 24.1 Å². The highest BCUT2D eigenvalue weighted by molar-refractivity contribution is 5.90. The van der Waals surface area contributed by atoms with E-state index in [0.29, 0.717) is 61.4 Å². The van der Waals surface area contributed by atoms with Crippen LogP contribution in [0.15, 0.2) is 41.3 Å². The molecule has 1 aromatic carbocycles. The van der Waals surface area contributed by atoms with Gasteiger partial charge in [-0.05, 0) is 30.2 Å². The first-order chi connectivity index (χ1) is 16.6. The fraction of sp³-hybridized carbons (Fsp3) is 0.400. The number of nitrogens with zero attached hydrogens (tertiary/aromatic N) is 6. The Labute approximate surface area is 197 Å². The Morgan fingerprint density at radius 1 is 1.06 bits per heavy atom. The van der Waals surface area contributed by atoms with E-state index < -0.39 is 0 Å². The maximum Gasteiger partial charge on any atom is 0.336 e. The number of pyridine rings is 1. The van der Waals surface area contributed by atoms with E-state index in [2.05, 4.69) is 22.0 Å². The number of fused-ring (bicyclic) bond motifs is 3. The van der Waals surface area contributed by atoms with Gasteiger partial charge in [-0.25, -0.2) is 14.2 Å². The fourth-order valence-electron chi connectivity index (χ4n) is 4.47. The Bertz CT molecular complexity index is 1400. The molecule has 5 rings (SSSR count). The van der Waals surface area contributed by atoms with E-state index in [0.717, 1.165) is 29.8 Å². The van der Waals surface area contributed by atoms with Crippen molar-refractivity contribution in [3.05, 3.63) is 58.4 Å². The van der Waals surface area contributed by atoms with Gasteiger partial charge < -0.3 is 9.64 Å². The molecule has 1 fully saturated rings. The van der Waals surface area contributed by atoms with Gasteiger partial charge in [-0.1, -0.05) is 25.5 Å². The average molecular weight is 461 g/mol. The van der Waals surface area contributed by atoms with Crippen LogP contribution in [-0.4, -0.2) is 50.1 Å². The second-order valence-corrected chi connectivity index (χ2v) is 8.68. The number of benzene rings is 1. The van der Waals surface area contributed by atoms with Crippen molar-refractivity contribution in [3.8, 4) is 5.75 Å². The van der Waals surface area contributed by atoms with Crippen LogP contribution in [0.5, 0.6) is 5.75 Å². The van der Waals surface area contributed by atoms with E-state index in [9.17, 15) is 9.59 Å². The number of hydrogen-bond acceptors (Lipinski definition) is 7. The maximum atomic E-state index is 13.8. The zero-order chi connectivity index (χ0) is 23.7. The first-order valence-electron chi connectivity index (χ1n) is 11.7. The van der Waals surface area contributed by atoms with Crippen LogP contribution in [-0.2, 0) is 17.8 Å². The van der Waals surface area contributed by atoms with Gasteiger partial charge in [0.1, 0.15) is 22.9 Å². The number of methoxy groups -OCH3 is 1. The Balaban J connectivity index is 1.67. The third kappa shape index (κ3) is 4.02. The highest BCUT2D eigenvalue weighted by atomic mass is 16.5. The number of carbonyl (C=O) groups is 1. The van der Waals surface area contributed by atoms with Gasteiger partial charge in [-0.2, -0.15) is 0 Å². The normalized spacial score (nSPS) is 14.3. The van der Waals surface area contributed by atoms with Crippen molar-refractivity contribution in [2.24, 2.45) is 0 Å². The van der Waals surface area contributed by atoms with E-state index >= 15 is 0 Å². The minimum atomic E-state index is -0.179. The van der Waals surface area contributed by atoms with Crippen LogP contribution < -0.4 is 15.3 Å². The molecule has 0 atom stereocenters. The summed E-state index contributed by atoms with van der Waals surface area (Å²) < 4.78 is 8.63. The molecular weight excluding hydrogens is 432 g/mol. The number of hydrogen-bond donors (Lipinski definition) is 0. The van der Waals surface area contributed by atoms with Crippen LogP contribution in [0.4, 0.5) is 5.69 Å². The monoisotopic (exact) mass is 460 g/mol. The topological polar surface area (TPSA) is 94.6 Å². The van der Waals surface area contributed by atoms with Gasteiger partial charge in [0.25, 0.3) is 0 Å². The van der Waals surface area contributed by atoms with Crippen molar-refractivity contribution in [2.75, 3.05) is 25.1 Å². The second kappa shape index (κ2) is 9.24. The number of aromatic nitrogens is 5. The van der Waals surface area contributed by atoms with Crippen LogP contribution in [0.1, 0.15) is 44.0 Å². The fourth-order valence-corrected chi connectivity index (χ4v) is 4.47. The van der Waals surface area contributed by atoms with E-state index in [1.54, 1.807) is 22.3 Å². The molecule has 1 aliphatic rings. The molecule has 0 bridgehead atoms. The number of aryl methyl sites for hydroxylation is 1. The van der Waals surface area contributed by atoms with E-state index in [-0.39, 0.29) is 11.5 Å². The van der Waals surface area contributed by atoms with E-state index in [4.69, 9.17) is 9.72 Å². The minimum absolute atomic E-state index is 0.179. The number of Topliss-reactive ketones (excluding diaryl/α,β-unsaturated/α-hetero) is 1. The zero-order valence-electron chi connectivity index (χ0n) is 19.5. The molecule has 4 aromatic rings. The van der Waals surface area contributed by atoms with Gasteiger partial charge in [0.2, 0.25) is 0 Å². The molecule has 4 heterocycles. The Morgan fingerprint density at radius 2 is 1.82 bits per heavy atom. The van der Waals surface area contributed by atoms with Gasteiger partial charge in [-0.15, -0.1) is 10.2 Å². The zero-order valence-corrected chi connectivity index (χ0v) is 19.5. The van der Waals surface area contributed by atoms with Crippen LogP contribution in [0.25, 0.3) is 16.7 Å². The summed E-state index contributed by atoms with van der Waals surface area (Å²) >= 11 is 0. The summed E-state index contributed by atoms with van der Waals surface area (Å²) in [7, 11) is 1.63. The van der Waals surface area contributed by atoms with Crippen LogP contribution in [0.3, 0.4) is 0 Å². The molecule has 0 amide bonds. The standard InChI is InChI=1S/C25H28N6O3/c1-3-4-5-22-27-28-24-23-21(14-18(15-26-23)29-12-10-19(32)11-13-29)30(25(33)31(22)24)16-17-6-8-20(34-2)9-7-17/h6-9,14-15H,3-5,10-13,16H2,1-2H3. The molecule has 0 spiro atoms. The van der Waals surface area contributed by atoms with Crippen molar-refractivity contribution < 1.29 is 9.53 Å². The Kier molecular flexibility index (Phi) is 6.00. The number of piperidine rings is 1. The molecule has 9 heteroatoms. The van der Waals surface area contributed by atoms with E-state index in [1.807, 2.05) is 30.3 Å². The number of anilines is 1. The first kappa shape index (κ1) is 22.1. The third-order valence-electron chi connectivity index (χ3n) is 6.45. The maximum absolute atomic E-state index is 13.8. The Morgan fingerprint density at radius 3 is 2.53 bits per heavy atom. The molecule has 0 saturated carbocycles. The largest absolute Gasteiger partial charge is 0.497 e. The number of ketones is 1. The first-order valence-corrected chi connectivity index (χ1v) is 11.7. The van der Waals surface area contributed by atoms with Crippen LogP contribution >= 0.6 is 0 Å². The summed E-state index contributed by atoms with van der Waals surface area (Å²) in [5.74, 6) is 1.71. The predicted octanol–water partition coefficient (Wildman–Crippen LogP) is 3.01. The summed E-state index contributed by atoms with van der Waals surface area (Å²) in [5, 5.41) is 8.68. The summed E-state index contributed by atoms with van der Waals surface area (Å²) in [6.45, 7) is 3.80. The summed E-state index contributed by atoms with van der Waals surface area (Å²) in [6, 6.07) is 9.68.